The van der Waals surface area contributed by atoms with Crippen molar-refractivity contribution in [1.29, 1.82) is 0 Å². The van der Waals surface area contributed by atoms with E-state index in [-0.39, 0.29) is 0 Å². The summed E-state index contributed by atoms with van der Waals surface area (Å²) in [6, 6.07) is 5.04. The number of carboxylic acid groups (broad SMARTS) is 1. The predicted octanol–water partition coefficient (Wildman–Crippen LogP) is 1.94. The van der Waals surface area contributed by atoms with E-state index in [1.165, 1.54) is 6.20 Å². The number of aliphatic hydroxyl groups excluding tert-OH is 1. The number of hydrogen-bond donors (Lipinski definition) is 3. The van der Waals surface area contributed by atoms with Gasteiger partial charge in [-0.25, -0.2) is 4.79 Å². The first-order valence-corrected chi connectivity index (χ1v) is 4.65. The zero-order chi connectivity index (χ0) is 11.0. The average Bonchev–Trinajstić information content (AvgIpc) is 2.59. The van der Waals surface area contributed by atoms with Crippen LogP contribution in [0, 0.1) is 0 Å². The first-order chi connectivity index (χ1) is 7.09. The van der Waals surface area contributed by atoms with Crippen LogP contribution in [0.25, 0.3) is 10.9 Å². The third-order valence-electron chi connectivity index (χ3n) is 2.20. The molecule has 4 nitrogen and oxygen atoms in total. The van der Waals surface area contributed by atoms with Gasteiger partial charge in [-0.15, -0.1) is 0 Å². The molecule has 5 heteroatoms. The van der Waals surface area contributed by atoms with Gasteiger partial charge in [0.15, 0.2) is 6.10 Å². The molecule has 3 N–H and O–H groups in total. The molecule has 0 amide bonds. The third-order valence-corrected chi connectivity index (χ3v) is 2.44. The molecule has 0 spiro atoms. The molecule has 1 unspecified atom stereocenters. The van der Waals surface area contributed by atoms with Crippen LogP contribution in [-0.4, -0.2) is 21.2 Å². The maximum absolute atomic E-state index is 10.6. The van der Waals surface area contributed by atoms with Crippen LogP contribution >= 0.6 is 11.6 Å². The molecule has 78 valence electrons. The van der Waals surface area contributed by atoms with Gasteiger partial charge in [0.05, 0.1) is 0 Å². The van der Waals surface area contributed by atoms with Crippen LogP contribution < -0.4 is 0 Å². The molecule has 2 rings (SSSR count). The number of hydrogen-bond acceptors (Lipinski definition) is 2. The van der Waals surface area contributed by atoms with Gasteiger partial charge in [-0.1, -0.05) is 11.6 Å². The van der Waals surface area contributed by atoms with Crippen molar-refractivity contribution in [2.75, 3.05) is 0 Å². The topological polar surface area (TPSA) is 73.3 Å². The Balaban J connectivity index is 2.61. The molecule has 0 saturated carbocycles. The van der Waals surface area contributed by atoms with E-state index >= 15 is 0 Å². The second-order valence-electron chi connectivity index (χ2n) is 3.17. The van der Waals surface area contributed by atoms with Crippen molar-refractivity contribution in [3.63, 3.8) is 0 Å². The summed E-state index contributed by atoms with van der Waals surface area (Å²) in [6.07, 6.45) is -0.0583. The van der Waals surface area contributed by atoms with Gasteiger partial charge in [0.25, 0.3) is 0 Å². The van der Waals surface area contributed by atoms with E-state index in [9.17, 15) is 9.90 Å². The molecular formula is C10H8ClNO3. The Labute approximate surface area is 90.1 Å². The number of H-pyrrole nitrogens is 1. The lowest BCUT2D eigenvalue weighted by Gasteiger charge is -2.03. The van der Waals surface area contributed by atoms with Crippen LogP contribution in [0.3, 0.4) is 0 Å². The minimum absolute atomic E-state index is 0.319. The highest BCUT2D eigenvalue weighted by Gasteiger charge is 2.19. The molecule has 1 atom stereocenters. The fraction of sp³-hybridized carbons (Fsp3) is 0.100. The molecule has 1 heterocycles. The standard InChI is InChI=1S/C10H8ClNO3/c11-5-1-2-8-6(3-5)7(4-12-8)9(13)10(14)15/h1-4,9,12-13H,(H,14,15). The highest BCUT2D eigenvalue weighted by molar-refractivity contribution is 6.31. The van der Waals surface area contributed by atoms with Crippen molar-refractivity contribution in [2.45, 2.75) is 6.10 Å². The van der Waals surface area contributed by atoms with Crippen LogP contribution in [0.15, 0.2) is 24.4 Å². The van der Waals surface area contributed by atoms with E-state index in [0.717, 1.165) is 5.52 Å². The second-order valence-corrected chi connectivity index (χ2v) is 3.61. The van der Waals surface area contributed by atoms with Crippen molar-refractivity contribution >= 4 is 28.5 Å². The predicted molar refractivity (Wildman–Crippen MR) is 55.9 cm³/mol. The highest BCUT2D eigenvalue weighted by atomic mass is 35.5. The minimum atomic E-state index is -1.53. The normalized spacial score (nSPS) is 12.9. The fourth-order valence-electron chi connectivity index (χ4n) is 1.47. The summed E-state index contributed by atoms with van der Waals surface area (Å²) in [5.74, 6) is -1.28. The van der Waals surface area contributed by atoms with Gasteiger partial charge in [0, 0.05) is 27.7 Å². The molecular weight excluding hydrogens is 218 g/mol. The molecule has 0 radical (unpaired) electrons. The van der Waals surface area contributed by atoms with Gasteiger partial charge in [0.1, 0.15) is 0 Å². The molecule has 0 bridgehead atoms. The summed E-state index contributed by atoms with van der Waals surface area (Å²) in [5, 5.41) is 19.2. The molecule has 0 fully saturated rings. The van der Waals surface area contributed by atoms with Gasteiger partial charge in [-0.3, -0.25) is 0 Å². The van der Waals surface area contributed by atoms with Gasteiger partial charge in [-0.05, 0) is 18.2 Å². The Hall–Kier alpha value is -1.52. The smallest absolute Gasteiger partial charge is 0.337 e. The quantitative estimate of drug-likeness (QED) is 0.731. The molecule has 0 aliphatic carbocycles. The van der Waals surface area contributed by atoms with Crippen LogP contribution in [-0.2, 0) is 4.79 Å². The van der Waals surface area contributed by atoms with E-state index < -0.39 is 12.1 Å². The number of aliphatic hydroxyl groups is 1. The van der Waals surface area contributed by atoms with E-state index in [2.05, 4.69) is 4.98 Å². The summed E-state index contributed by atoms with van der Waals surface area (Å²) >= 11 is 5.79. The van der Waals surface area contributed by atoms with E-state index in [4.69, 9.17) is 16.7 Å². The SMILES string of the molecule is O=C(O)C(O)c1c[nH]c2ccc(Cl)cc12. The van der Waals surface area contributed by atoms with Crippen molar-refractivity contribution in [1.82, 2.24) is 4.98 Å². The Morgan fingerprint density at radius 3 is 2.87 bits per heavy atom. The van der Waals surface area contributed by atoms with E-state index in [0.29, 0.717) is 16.0 Å². The number of aromatic nitrogens is 1. The summed E-state index contributed by atoms with van der Waals surface area (Å²) in [6.45, 7) is 0. The first kappa shape index (κ1) is 10.0. The molecule has 0 saturated heterocycles. The monoisotopic (exact) mass is 225 g/mol. The number of carbonyl (C=O) groups is 1. The Bertz CT molecular complexity index is 520. The minimum Gasteiger partial charge on any atom is -0.479 e. The highest BCUT2D eigenvalue weighted by Crippen LogP contribution is 2.26. The number of aliphatic carboxylic acids is 1. The number of carboxylic acids is 1. The lowest BCUT2D eigenvalue weighted by molar-refractivity contribution is -0.146. The van der Waals surface area contributed by atoms with Crippen molar-refractivity contribution in [3.8, 4) is 0 Å². The van der Waals surface area contributed by atoms with Crippen LogP contribution in [0.2, 0.25) is 5.02 Å². The average molecular weight is 226 g/mol. The fourth-order valence-corrected chi connectivity index (χ4v) is 1.65. The number of nitrogens with one attached hydrogen (secondary N) is 1. The van der Waals surface area contributed by atoms with E-state index in [1.54, 1.807) is 18.2 Å². The molecule has 2 aromatic rings. The number of rotatable bonds is 2. The summed E-state index contributed by atoms with van der Waals surface area (Å²) < 4.78 is 0. The van der Waals surface area contributed by atoms with Gasteiger partial charge in [-0.2, -0.15) is 0 Å². The zero-order valence-corrected chi connectivity index (χ0v) is 8.32. The molecule has 0 aliphatic rings. The summed E-state index contributed by atoms with van der Waals surface area (Å²) in [4.78, 5) is 13.5. The summed E-state index contributed by atoms with van der Waals surface area (Å²) in [5.41, 5.74) is 1.06. The number of benzene rings is 1. The Kier molecular flexibility index (Phi) is 2.38. The second kappa shape index (κ2) is 3.56. The van der Waals surface area contributed by atoms with Crippen molar-refractivity contribution in [2.24, 2.45) is 0 Å². The first-order valence-electron chi connectivity index (χ1n) is 4.27. The third kappa shape index (κ3) is 1.69. The largest absolute Gasteiger partial charge is 0.479 e. The Morgan fingerprint density at radius 2 is 2.20 bits per heavy atom. The van der Waals surface area contributed by atoms with Crippen LogP contribution in [0.5, 0.6) is 0 Å². The van der Waals surface area contributed by atoms with Gasteiger partial charge < -0.3 is 15.2 Å². The molecule has 0 aliphatic heterocycles. The lowest BCUT2D eigenvalue weighted by Crippen LogP contribution is -2.09. The molecule has 1 aromatic heterocycles. The van der Waals surface area contributed by atoms with Crippen molar-refractivity contribution < 1.29 is 15.0 Å². The number of aromatic amines is 1. The maximum atomic E-state index is 10.6. The Morgan fingerprint density at radius 1 is 1.47 bits per heavy atom. The zero-order valence-electron chi connectivity index (χ0n) is 7.57. The molecule has 15 heavy (non-hydrogen) atoms. The lowest BCUT2D eigenvalue weighted by atomic mass is 10.1. The van der Waals surface area contributed by atoms with Gasteiger partial charge >= 0.3 is 5.97 Å². The summed E-state index contributed by atoms with van der Waals surface area (Å²) in [7, 11) is 0. The molecule has 1 aromatic carbocycles. The van der Waals surface area contributed by atoms with Gasteiger partial charge in [0.2, 0.25) is 0 Å². The van der Waals surface area contributed by atoms with Crippen LogP contribution in [0.1, 0.15) is 11.7 Å². The number of halogens is 1. The number of fused-ring (bicyclic) bond motifs is 1. The van der Waals surface area contributed by atoms with Crippen molar-refractivity contribution in [3.05, 3.63) is 35.0 Å². The maximum Gasteiger partial charge on any atom is 0.337 e. The van der Waals surface area contributed by atoms with Crippen LogP contribution in [0.4, 0.5) is 0 Å². The van der Waals surface area contributed by atoms with E-state index in [1.807, 2.05) is 0 Å².